The van der Waals surface area contributed by atoms with Crippen LogP contribution in [0.5, 0.6) is 0 Å². The van der Waals surface area contributed by atoms with E-state index >= 15 is 0 Å². The highest BCUT2D eigenvalue weighted by atomic mass is 32.2. The number of amides is 1. The quantitative estimate of drug-likeness (QED) is 0.814. The van der Waals surface area contributed by atoms with Crippen molar-refractivity contribution in [3.8, 4) is 0 Å². The first-order valence-electron chi connectivity index (χ1n) is 6.78. The third-order valence-electron chi connectivity index (χ3n) is 3.39. The number of carbonyl (C=O) groups excluding carboxylic acids is 1. The molecular weight excluding hydrogens is 258 g/mol. The van der Waals surface area contributed by atoms with Crippen molar-refractivity contribution in [1.82, 2.24) is 4.90 Å². The molecule has 1 amide bonds. The summed E-state index contributed by atoms with van der Waals surface area (Å²) >= 11 is 1.76. The van der Waals surface area contributed by atoms with Crippen molar-refractivity contribution >= 4 is 17.7 Å². The highest BCUT2D eigenvalue weighted by molar-refractivity contribution is 7.99. The van der Waals surface area contributed by atoms with Gasteiger partial charge in [-0.25, -0.2) is 0 Å². The first-order chi connectivity index (χ1) is 9.11. The van der Waals surface area contributed by atoms with E-state index in [9.17, 15) is 9.90 Å². The molecule has 0 bridgehead atoms. The summed E-state index contributed by atoms with van der Waals surface area (Å²) in [5, 5.41) is 9.87. The van der Waals surface area contributed by atoms with Gasteiger partial charge in [0.15, 0.2) is 0 Å². The second-order valence-electron chi connectivity index (χ2n) is 5.05. The third kappa shape index (κ3) is 3.98. The number of rotatable bonds is 6. The van der Waals surface area contributed by atoms with E-state index in [2.05, 4.69) is 6.92 Å². The molecule has 1 N–H and O–H groups in total. The summed E-state index contributed by atoms with van der Waals surface area (Å²) in [7, 11) is 1.75. The molecule has 104 valence electrons. The minimum atomic E-state index is -0.371. The zero-order valence-electron chi connectivity index (χ0n) is 11.5. The number of hydrogen-bond donors (Lipinski definition) is 1. The Hall–Kier alpha value is -1.00. The maximum Gasteiger partial charge on any atom is 0.253 e. The fourth-order valence-corrected chi connectivity index (χ4v) is 2.74. The molecule has 2 rings (SSSR count). The Morgan fingerprint density at radius 3 is 2.58 bits per heavy atom. The molecule has 0 aromatic heterocycles. The Kier molecular flexibility index (Phi) is 4.88. The van der Waals surface area contributed by atoms with Gasteiger partial charge in [-0.1, -0.05) is 6.92 Å². The third-order valence-corrected chi connectivity index (χ3v) is 4.28. The normalized spacial score (nSPS) is 16.2. The summed E-state index contributed by atoms with van der Waals surface area (Å²) in [6.07, 6.45) is 1.81. The molecule has 1 saturated carbocycles. The minimum Gasteiger partial charge on any atom is -0.391 e. The molecule has 1 atom stereocenters. The molecule has 1 aliphatic rings. The Labute approximate surface area is 119 Å². The molecule has 0 aliphatic heterocycles. The van der Waals surface area contributed by atoms with E-state index in [-0.39, 0.29) is 12.0 Å². The van der Waals surface area contributed by atoms with Gasteiger partial charge in [0.2, 0.25) is 0 Å². The minimum absolute atomic E-state index is 0.0206. The van der Waals surface area contributed by atoms with Crippen LogP contribution in [0.3, 0.4) is 0 Å². The molecule has 19 heavy (non-hydrogen) atoms. The maximum absolute atomic E-state index is 12.2. The van der Waals surface area contributed by atoms with E-state index < -0.39 is 0 Å². The van der Waals surface area contributed by atoms with E-state index in [1.54, 1.807) is 23.7 Å². The lowest BCUT2D eigenvalue weighted by molar-refractivity contribution is 0.0645. The monoisotopic (exact) mass is 279 g/mol. The number of carbonyl (C=O) groups is 1. The molecule has 0 heterocycles. The molecular formula is C15H21NO2S. The number of nitrogens with zero attached hydrogens (tertiary/aromatic N) is 1. The molecule has 0 saturated heterocycles. The maximum atomic E-state index is 12.2. The summed E-state index contributed by atoms with van der Waals surface area (Å²) in [6.45, 7) is 2.53. The van der Waals surface area contributed by atoms with Gasteiger partial charge in [0.1, 0.15) is 0 Å². The van der Waals surface area contributed by atoms with E-state index in [0.717, 1.165) is 18.6 Å². The summed E-state index contributed by atoms with van der Waals surface area (Å²) in [5.74, 6) is 1.41. The average molecular weight is 279 g/mol. The van der Waals surface area contributed by atoms with Gasteiger partial charge in [-0.15, -0.1) is 11.8 Å². The van der Waals surface area contributed by atoms with Crippen molar-refractivity contribution in [2.75, 3.05) is 19.3 Å². The standard InChI is InChI=1S/C15H21NO2S/c1-3-19-13-8-6-12(7-9-13)15(18)16(2)10-14(17)11-4-5-11/h6-9,11,14,17H,3-5,10H2,1-2H3. The fourth-order valence-electron chi connectivity index (χ4n) is 2.07. The van der Waals surface area contributed by atoms with Gasteiger partial charge in [-0.05, 0) is 48.8 Å². The SMILES string of the molecule is CCSc1ccc(C(=O)N(C)CC(O)C2CC2)cc1. The molecule has 0 spiro atoms. The van der Waals surface area contributed by atoms with Crippen LogP contribution in [0.15, 0.2) is 29.2 Å². The Morgan fingerprint density at radius 2 is 2.05 bits per heavy atom. The Morgan fingerprint density at radius 1 is 1.42 bits per heavy atom. The van der Waals surface area contributed by atoms with Gasteiger partial charge >= 0.3 is 0 Å². The van der Waals surface area contributed by atoms with Crippen molar-refractivity contribution in [2.24, 2.45) is 5.92 Å². The predicted octanol–water partition coefficient (Wildman–Crippen LogP) is 2.64. The first kappa shape index (κ1) is 14.4. The number of hydrogen-bond acceptors (Lipinski definition) is 3. The molecule has 0 radical (unpaired) electrons. The fraction of sp³-hybridized carbons (Fsp3) is 0.533. The molecule has 4 heteroatoms. The van der Waals surface area contributed by atoms with Crippen LogP contribution in [0.2, 0.25) is 0 Å². The second kappa shape index (κ2) is 6.44. The largest absolute Gasteiger partial charge is 0.391 e. The zero-order valence-corrected chi connectivity index (χ0v) is 12.3. The second-order valence-corrected chi connectivity index (χ2v) is 6.39. The summed E-state index contributed by atoms with van der Waals surface area (Å²) in [4.78, 5) is 15.0. The number of likely N-dealkylation sites (N-methyl/N-ethyl adjacent to an activating group) is 1. The highest BCUT2D eigenvalue weighted by Crippen LogP contribution is 2.32. The number of thioether (sulfide) groups is 1. The van der Waals surface area contributed by atoms with Gasteiger partial charge in [0, 0.05) is 24.1 Å². The molecule has 1 unspecified atom stereocenters. The van der Waals surface area contributed by atoms with Gasteiger partial charge in [-0.2, -0.15) is 0 Å². The lowest BCUT2D eigenvalue weighted by Gasteiger charge is -2.20. The van der Waals surface area contributed by atoms with E-state index in [1.165, 1.54) is 4.90 Å². The summed E-state index contributed by atoms with van der Waals surface area (Å²) in [5.41, 5.74) is 0.686. The van der Waals surface area contributed by atoms with E-state index in [4.69, 9.17) is 0 Å². The lowest BCUT2D eigenvalue weighted by atomic mass is 10.1. The van der Waals surface area contributed by atoms with Crippen molar-refractivity contribution in [3.63, 3.8) is 0 Å². The molecule has 1 aromatic carbocycles. The van der Waals surface area contributed by atoms with Crippen molar-refractivity contribution in [1.29, 1.82) is 0 Å². The summed E-state index contributed by atoms with van der Waals surface area (Å²) in [6, 6.07) is 7.68. The van der Waals surface area contributed by atoms with Crippen LogP contribution in [0, 0.1) is 5.92 Å². The smallest absolute Gasteiger partial charge is 0.253 e. The highest BCUT2D eigenvalue weighted by Gasteiger charge is 2.31. The zero-order chi connectivity index (χ0) is 13.8. The first-order valence-corrected chi connectivity index (χ1v) is 7.76. The van der Waals surface area contributed by atoms with Crippen LogP contribution < -0.4 is 0 Å². The van der Waals surface area contributed by atoms with Gasteiger partial charge in [0.25, 0.3) is 5.91 Å². The van der Waals surface area contributed by atoms with Gasteiger partial charge in [0.05, 0.1) is 6.10 Å². The average Bonchev–Trinajstić information content (AvgIpc) is 3.23. The number of aliphatic hydroxyl groups excluding tert-OH is 1. The molecule has 1 aliphatic carbocycles. The van der Waals surface area contributed by atoms with Crippen LogP contribution in [0.25, 0.3) is 0 Å². The van der Waals surface area contributed by atoms with Crippen LogP contribution in [-0.2, 0) is 0 Å². The van der Waals surface area contributed by atoms with Crippen LogP contribution in [-0.4, -0.2) is 41.4 Å². The van der Waals surface area contributed by atoms with E-state index in [0.29, 0.717) is 18.0 Å². The van der Waals surface area contributed by atoms with Crippen molar-refractivity contribution < 1.29 is 9.90 Å². The van der Waals surface area contributed by atoms with Crippen molar-refractivity contribution in [2.45, 2.75) is 30.8 Å². The summed E-state index contributed by atoms with van der Waals surface area (Å²) < 4.78 is 0. The van der Waals surface area contributed by atoms with Gasteiger partial charge in [-0.3, -0.25) is 4.79 Å². The number of benzene rings is 1. The predicted molar refractivity (Wildman–Crippen MR) is 78.5 cm³/mol. The topological polar surface area (TPSA) is 40.5 Å². The van der Waals surface area contributed by atoms with Crippen LogP contribution in [0.4, 0.5) is 0 Å². The van der Waals surface area contributed by atoms with Crippen molar-refractivity contribution in [3.05, 3.63) is 29.8 Å². The Bertz CT molecular complexity index is 428. The molecule has 3 nitrogen and oxygen atoms in total. The van der Waals surface area contributed by atoms with Crippen LogP contribution in [0.1, 0.15) is 30.1 Å². The lowest BCUT2D eigenvalue weighted by Crippen LogP contribution is -2.35. The number of aliphatic hydroxyl groups is 1. The van der Waals surface area contributed by atoms with E-state index in [1.807, 2.05) is 24.3 Å². The molecule has 1 aromatic rings. The Balaban J connectivity index is 1.93. The van der Waals surface area contributed by atoms with Crippen LogP contribution >= 0.6 is 11.8 Å². The van der Waals surface area contributed by atoms with Gasteiger partial charge < -0.3 is 10.0 Å². The molecule has 1 fully saturated rings.